The van der Waals surface area contributed by atoms with Gasteiger partial charge in [-0.15, -0.1) is 0 Å². The molecule has 1 rings (SSSR count). The molecule has 0 aliphatic rings. The minimum Gasteiger partial charge on any atom is -0.316 e. The Morgan fingerprint density at radius 2 is 2.24 bits per heavy atom. The number of nitrogens with one attached hydrogen (secondary N) is 1. The van der Waals surface area contributed by atoms with Gasteiger partial charge in [0.2, 0.25) is 10.0 Å². The first kappa shape index (κ1) is 14.1. The van der Waals surface area contributed by atoms with Crippen molar-refractivity contribution in [1.82, 2.24) is 14.6 Å². The van der Waals surface area contributed by atoms with Gasteiger partial charge in [0.25, 0.3) is 0 Å². The average Bonchev–Trinajstić information content (AvgIpc) is 2.30. The Morgan fingerprint density at radius 3 is 2.82 bits per heavy atom. The minimum absolute atomic E-state index is 0.123. The standard InChI is InChI=1S/C11H19N3O2S/c1-3-12-7-8-17(15,16)14(2)10-11-5-4-6-13-9-11/h4-6,9,12H,3,7-8,10H2,1-2H3. The van der Waals surface area contributed by atoms with Crippen molar-refractivity contribution in [2.75, 3.05) is 25.9 Å². The Balaban J connectivity index is 2.54. The van der Waals surface area contributed by atoms with Gasteiger partial charge in [-0.25, -0.2) is 12.7 Å². The lowest BCUT2D eigenvalue weighted by Gasteiger charge is -2.17. The lowest BCUT2D eigenvalue weighted by Crippen LogP contribution is -2.33. The summed E-state index contributed by atoms with van der Waals surface area (Å²) in [5.74, 6) is 0.123. The van der Waals surface area contributed by atoms with E-state index < -0.39 is 10.0 Å². The van der Waals surface area contributed by atoms with Gasteiger partial charge in [0, 0.05) is 32.5 Å². The molecular weight excluding hydrogens is 238 g/mol. The molecule has 0 radical (unpaired) electrons. The Morgan fingerprint density at radius 1 is 1.47 bits per heavy atom. The third-order valence-corrected chi connectivity index (χ3v) is 4.19. The summed E-state index contributed by atoms with van der Waals surface area (Å²) in [6.07, 6.45) is 3.35. The van der Waals surface area contributed by atoms with Crippen LogP contribution in [0.2, 0.25) is 0 Å². The summed E-state index contributed by atoms with van der Waals surface area (Å²) < 4.78 is 25.1. The van der Waals surface area contributed by atoms with Crippen molar-refractivity contribution in [3.05, 3.63) is 30.1 Å². The Hall–Kier alpha value is -0.980. The highest BCUT2D eigenvalue weighted by Crippen LogP contribution is 2.05. The van der Waals surface area contributed by atoms with E-state index in [-0.39, 0.29) is 5.75 Å². The molecule has 0 aliphatic carbocycles. The van der Waals surface area contributed by atoms with Gasteiger partial charge in [0.05, 0.1) is 5.75 Å². The van der Waals surface area contributed by atoms with Crippen LogP contribution >= 0.6 is 0 Å². The van der Waals surface area contributed by atoms with E-state index in [1.165, 1.54) is 4.31 Å². The Kier molecular flexibility index (Phi) is 5.54. The number of rotatable bonds is 7. The SMILES string of the molecule is CCNCCS(=O)(=O)N(C)Cc1cccnc1. The van der Waals surface area contributed by atoms with E-state index in [2.05, 4.69) is 10.3 Å². The molecule has 1 aromatic heterocycles. The van der Waals surface area contributed by atoms with Gasteiger partial charge in [-0.2, -0.15) is 0 Å². The molecule has 96 valence electrons. The van der Waals surface area contributed by atoms with Crippen LogP contribution in [0, 0.1) is 0 Å². The third-order valence-electron chi connectivity index (χ3n) is 2.39. The molecule has 0 spiro atoms. The monoisotopic (exact) mass is 257 g/mol. The van der Waals surface area contributed by atoms with Crippen molar-refractivity contribution in [3.63, 3.8) is 0 Å². The molecule has 0 fully saturated rings. The van der Waals surface area contributed by atoms with Crippen LogP contribution in [0.4, 0.5) is 0 Å². The average molecular weight is 257 g/mol. The largest absolute Gasteiger partial charge is 0.316 e. The summed E-state index contributed by atoms with van der Waals surface area (Å²) in [6, 6.07) is 3.66. The van der Waals surface area contributed by atoms with Gasteiger partial charge >= 0.3 is 0 Å². The fraction of sp³-hybridized carbons (Fsp3) is 0.545. The summed E-state index contributed by atoms with van der Waals surface area (Å²) in [5.41, 5.74) is 0.891. The molecule has 0 atom stereocenters. The highest BCUT2D eigenvalue weighted by Gasteiger charge is 2.17. The van der Waals surface area contributed by atoms with Crippen LogP contribution in [0.1, 0.15) is 12.5 Å². The van der Waals surface area contributed by atoms with Gasteiger partial charge in [-0.3, -0.25) is 4.98 Å². The lowest BCUT2D eigenvalue weighted by molar-refractivity contribution is 0.465. The van der Waals surface area contributed by atoms with Crippen molar-refractivity contribution >= 4 is 10.0 Å². The smallest absolute Gasteiger partial charge is 0.215 e. The van der Waals surface area contributed by atoms with E-state index >= 15 is 0 Å². The number of sulfonamides is 1. The van der Waals surface area contributed by atoms with Crippen LogP contribution in [0.3, 0.4) is 0 Å². The highest BCUT2D eigenvalue weighted by molar-refractivity contribution is 7.89. The molecule has 6 heteroatoms. The van der Waals surface area contributed by atoms with Crippen molar-refractivity contribution in [2.45, 2.75) is 13.5 Å². The predicted octanol–water partition coefficient (Wildman–Crippen LogP) is 0.453. The fourth-order valence-electron chi connectivity index (χ4n) is 1.38. The Labute approximate surface area is 103 Å². The molecule has 0 unspecified atom stereocenters. The van der Waals surface area contributed by atoms with Crippen molar-refractivity contribution < 1.29 is 8.42 Å². The van der Waals surface area contributed by atoms with Crippen molar-refractivity contribution in [2.24, 2.45) is 0 Å². The maximum atomic E-state index is 11.9. The molecule has 0 aromatic carbocycles. The number of hydrogen-bond donors (Lipinski definition) is 1. The molecule has 0 aliphatic heterocycles. The fourth-order valence-corrected chi connectivity index (χ4v) is 2.44. The molecule has 1 heterocycles. The maximum absolute atomic E-state index is 11.9. The van der Waals surface area contributed by atoms with Gasteiger partial charge in [-0.1, -0.05) is 13.0 Å². The normalized spacial score (nSPS) is 11.9. The second-order valence-corrected chi connectivity index (χ2v) is 5.98. The van der Waals surface area contributed by atoms with E-state index in [1.54, 1.807) is 25.5 Å². The summed E-state index contributed by atoms with van der Waals surface area (Å²) in [7, 11) is -1.60. The lowest BCUT2D eigenvalue weighted by atomic mass is 10.3. The second kappa shape index (κ2) is 6.68. The summed E-state index contributed by atoms with van der Waals surface area (Å²) >= 11 is 0. The van der Waals surface area contributed by atoms with Crippen molar-refractivity contribution in [3.8, 4) is 0 Å². The van der Waals surface area contributed by atoms with E-state index in [0.717, 1.165) is 12.1 Å². The van der Waals surface area contributed by atoms with E-state index in [9.17, 15) is 8.42 Å². The molecule has 0 amide bonds. The molecule has 17 heavy (non-hydrogen) atoms. The first-order valence-corrected chi connectivity index (χ1v) is 7.21. The quantitative estimate of drug-likeness (QED) is 0.721. The first-order chi connectivity index (χ1) is 8.06. The molecular formula is C11H19N3O2S. The minimum atomic E-state index is -3.19. The van der Waals surface area contributed by atoms with Gasteiger partial charge in [0.1, 0.15) is 0 Å². The van der Waals surface area contributed by atoms with Gasteiger partial charge in [-0.05, 0) is 18.2 Å². The van der Waals surface area contributed by atoms with Crippen LogP contribution < -0.4 is 5.32 Å². The number of pyridine rings is 1. The molecule has 0 saturated carbocycles. The number of nitrogens with zero attached hydrogens (tertiary/aromatic N) is 2. The number of hydrogen-bond acceptors (Lipinski definition) is 4. The zero-order valence-electron chi connectivity index (χ0n) is 10.3. The van der Waals surface area contributed by atoms with E-state index in [1.807, 2.05) is 13.0 Å². The maximum Gasteiger partial charge on any atom is 0.215 e. The Bertz CT molecular complexity index is 420. The zero-order valence-corrected chi connectivity index (χ0v) is 11.1. The summed E-state index contributed by atoms with van der Waals surface area (Å²) in [4.78, 5) is 3.96. The molecule has 1 aromatic rings. The molecule has 5 nitrogen and oxygen atoms in total. The zero-order chi connectivity index (χ0) is 12.7. The van der Waals surface area contributed by atoms with Gasteiger partial charge in [0.15, 0.2) is 0 Å². The molecule has 0 saturated heterocycles. The first-order valence-electron chi connectivity index (χ1n) is 5.60. The van der Waals surface area contributed by atoms with Crippen molar-refractivity contribution in [1.29, 1.82) is 0 Å². The van der Waals surface area contributed by atoms with Crippen LogP contribution in [0.15, 0.2) is 24.5 Å². The topological polar surface area (TPSA) is 62.3 Å². The highest BCUT2D eigenvalue weighted by atomic mass is 32.2. The predicted molar refractivity (Wildman–Crippen MR) is 68.0 cm³/mol. The molecule has 1 N–H and O–H groups in total. The van der Waals surface area contributed by atoms with E-state index in [0.29, 0.717) is 13.1 Å². The van der Waals surface area contributed by atoms with Crippen LogP contribution in [0.25, 0.3) is 0 Å². The van der Waals surface area contributed by atoms with Crippen LogP contribution in [0.5, 0.6) is 0 Å². The van der Waals surface area contributed by atoms with Crippen LogP contribution in [-0.4, -0.2) is 43.6 Å². The van der Waals surface area contributed by atoms with E-state index in [4.69, 9.17) is 0 Å². The number of aromatic nitrogens is 1. The summed E-state index contributed by atoms with van der Waals surface area (Å²) in [6.45, 7) is 3.58. The second-order valence-electron chi connectivity index (χ2n) is 3.79. The summed E-state index contributed by atoms with van der Waals surface area (Å²) in [5, 5.41) is 3.00. The third kappa shape index (κ3) is 4.80. The van der Waals surface area contributed by atoms with Gasteiger partial charge < -0.3 is 5.32 Å². The molecule has 0 bridgehead atoms. The van der Waals surface area contributed by atoms with Crippen LogP contribution in [-0.2, 0) is 16.6 Å².